The molecule has 2 aliphatic rings. The molecule has 308 valence electrons. The number of aliphatic hydroxyl groups is 1. The van der Waals surface area contributed by atoms with Gasteiger partial charge in [-0.1, -0.05) is 77.5 Å². The van der Waals surface area contributed by atoms with Crippen molar-refractivity contribution in [3.63, 3.8) is 0 Å². The first kappa shape index (κ1) is 47.3. The number of rotatable bonds is 21. The van der Waals surface area contributed by atoms with Crippen LogP contribution in [0.3, 0.4) is 0 Å². The van der Waals surface area contributed by atoms with Crippen LogP contribution in [0, 0.1) is 23.7 Å². The second-order valence-corrected chi connectivity index (χ2v) is 17.9. The average Bonchev–Trinajstić information content (AvgIpc) is 3.33. The largest absolute Gasteiger partial charge is 0.444 e. The van der Waals surface area contributed by atoms with Crippen LogP contribution in [0.2, 0.25) is 0 Å². The molecule has 0 radical (unpaired) electrons. The smallest absolute Gasteiger partial charge is 0.407 e. The Bertz CT molecular complexity index is 1270. The third-order valence-electron chi connectivity index (χ3n) is 9.87. The summed E-state index contributed by atoms with van der Waals surface area (Å²) in [5.74, 6) is -0.196. The molecule has 1 aliphatic carbocycles. The molecule has 0 aromatic heterocycles. The monoisotopic (exact) mass is 776 g/mol. The SMILES string of the molecule is CC(C)C[C@H](CC[C@H](O)[C@H](CC(C)C)NC(=O)[C@H](CCS)NC(=O)C[C@@H](NC(=O)OC(C)(C)C)C(C)C)C(=O)NC1CCN(CC2=CC=CC=CC2)CC1. The number of hydrogen-bond donors (Lipinski definition) is 6. The van der Waals surface area contributed by atoms with Crippen molar-refractivity contribution in [1.82, 2.24) is 26.2 Å². The Labute approximate surface area is 331 Å². The summed E-state index contributed by atoms with van der Waals surface area (Å²) in [5.41, 5.74) is 0.722. The van der Waals surface area contributed by atoms with Gasteiger partial charge in [0.2, 0.25) is 17.7 Å². The Morgan fingerprint density at radius 1 is 0.870 bits per heavy atom. The molecule has 1 heterocycles. The van der Waals surface area contributed by atoms with Crippen molar-refractivity contribution in [2.75, 3.05) is 25.4 Å². The predicted molar refractivity (Wildman–Crippen MR) is 221 cm³/mol. The van der Waals surface area contributed by atoms with Crippen LogP contribution in [0.1, 0.15) is 120 Å². The van der Waals surface area contributed by atoms with E-state index in [0.29, 0.717) is 43.8 Å². The third kappa shape index (κ3) is 19.2. The Balaban J connectivity index is 1.99. The fourth-order valence-electron chi connectivity index (χ4n) is 6.95. The number of ether oxygens (including phenoxy) is 1. The van der Waals surface area contributed by atoms with E-state index in [4.69, 9.17) is 4.74 Å². The summed E-state index contributed by atoms with van der Waals surface area (Å²) in [5, 5.41) is 23.5. The molecule has 12 heteroatoms. The number of nitrogens with one attached hydrogen (secondary N) is 4. The zero-order chi connectivity index (χ0) is 40.4. The van der Waals surface area contributed by atoms with Gasteiger partial charge >= 0.3 is 6.09 Å². The van der Waals surface area contributed by atoms with Crippen LogP contribution in [-0.4, -0.2) is 95.1 Å². The lowest BCUT2D eigenvalue weighted by molar-refractivity contribution is -0.130. The van der Waals surface area contributed by atoms with Crippen LogP contribution in [0.5, 0.6) is 0 Å². The molecule has 0 aromatic carbocycles. The Morgan fingerprint density at radius 2 is 1.54 bits per heavy atom. The highest BCUT2D eigenvalue weighted by Crippen LogP contribution is 2.23. The molecule has 0 saturated carbocycles. The van der Waals surface area contributed by atoms with Gasteiger partial charge in [0.25, 0.3) is 0 Å². The molecule has 54 heavy (non-hydrogen) atoms. The van der Waals surface area contributed by atoms with Gasteiger partial charge in [-0.2, -0.15) is 12.6 Å². The van der Waals surface area contributed by atoms with Crippen LogP contribution >= 0.6 is 12.6 Å². The minimum absolute atomic E-state index is 0.0301. The number of amides is 4. The maximum Gasteiger partial charge on any atom is 0.407 e. The second kappa shape index (κ2) is 23.9. The molecular weight excluding hydrogens is 703 g/mol. The van der Waals surface area contributed by atoms with E-state index in [9.17, 15) is 24.3 Å². The maximum atomic E-state index is 13.6. The molecule has 11 nitrogen and oxygen atoms in total. The van der Waals surface area contributed by atoms with E-state index in [1.165, 1.54) is 5.57 Å². The lowest BCUT2D eigenvalue weighted by Crippen LogP contribution is -2.54. The second-order valence-electron chi connectivity index (χ2n) is 17.5. The maximum absolute atomic E-state index is 13.6. The number of alkyl carbamates (subject to hydrolysis) is 1. The molecular formula is C42H73N5O6S. The van der Waals surface area contributed by atoms with Gasteiger partial charge in [-0.15, -0.1) is 0 Å². The van der Waals surface area contributed by atoms with E-state index >= 15 is 0 Å². The van der Waals surface area contributed by atoms with E-state index in [-0.39, 0.29) is 42.0 Å². The lowest BCUT2D eigenvalue weighted by atomic mass is 9.88. The van der Waals surface area contributed by atoms with Crippen LogP contribution in [0.25, 0.3) is 0 Å². The minimum atomic E-state index is -0.874. The van der Waals surface area contributed by atoms with Crippen molar-refractivity contribution >= 4 is 36.4 Å². The highest BCUT2D eigenvalue weighted by atomic mass is 32.1. The highest BCUT2D eigenvalue weighted by molar-refractivity contribution is 7.80. The van der Waals surface area contributed by atoms with Gasteiger partial charge in [-0.25, -0.2) is 4.79 Å². The number of likely N-dealkylation sites (tertiary alicyclic amines) is 1. The predicted octanol–water partition coefficient (Wildman–Crippen LogP) is 6.09. The number of carbonyl (C=O) groups excluding carboxylic acids is 4. The number of piperidine rings is 1. The molecule has 4 amide bonds. The molecule has 5 N–H and O–H groups in total. The normalized spacial score (nSPS) is 18.4. The fourth-order valence-corrected chi connectivity index (χ4v) is 7.20. The van der Waals surface area contributed by atoms with Gasteiger partial charge in [0.15, 0.2) is 0 Å². The van der Waals surface area contributed by atoms with Crippen LogP contribution < -0.4 is 21.3 Å². The molecule has 1 aliphatic heterocycles. The van der Waals surface area contributed by atoms with Crippen molar-refractivity contribution in [2.24, 2.45) is 23.7 Å². The van der Waals surface area contributed by atoms with Crippen molar-refractivity contribution in [3.8, 4) is 0 Å². The van der Waals surface area contributed by atoms with E-state index in [1.807, 2.05) is 27.7 Å². The number of hydrogen-bond acceptors (Lipinski definition) is 8. The first-order valence-corrected chi connectivity index (χ1v) is 20.9. The Hall–Kier alpha value is -2.83. The molecule has 0 unspecified atom stereocenters. The van der Waals surface area contributed by atoms with Crippen LogP contribution in [0.4, 0.5) is 4.79 Å². The quantitative estimate of drug-likeness (QED) is 0.0774. The van der Waals surface area contributed by atoms with Crippen molar-refractivity contribution in [3.05, 3.63) is 36.0 Å². The fraction of sp³-hybridized carbons (Fsp3) is 0.762. The number of aliphatic hydroxyl groups excluding tert-OH is 1. The first-order chi connectivity index (χ1) is 25.4. The summed E-state index contributed by atoms with van der Waals surface area (Å²) in [7, 11) is 0. The zero-order valence-electron chi connectivity index (χ0n) is 34.7. The summed E-state index contributed by atoms with van der Waals surface area (Å²) >= 11 is 4.33. The third-order valence-corrected chi connectivity index (χ3v) is 10.1. The molecule has 0 aromatic rings. The van der Waals surface area contributed by atoms with E-state index in [2.05, 4.69) is 83.0 Å². The lowest BCUT2D eigenvalue weighted by Gasteiger charge is -2.34. The highest BCUT2D eigenvalue weighted by Gasteiger charge is 2.31. The van der Waals surface area contributed by atoms with Crippen molar-refractivity contribution in [1.29, 1.82) is 0 Å². The topological polar surface area (TPSA) is 149 Å². The zero-order valence-corrected chi connectivity index (χ0v) is 35.6. The molecule has 1 fully saturated rings. The van der Waals surface area contributed by atoms with Crippen molar-refractivity contribution in [2.45, 2.75) is 156 Å². The minimum Gasteiger partial charge on any atom is -0.444 e. The van der Waals surface area contributed by atoms with E-state index < -0.39 is 41.8 Å². The summed E-state index contributed by atoms with van der Waals surface area (Å²) in [6.45, 7) is 20.2. The molecule has 2 rings (SSSR count). The summed E-state index contributed by atoms with van der Waals surface area (Å²) in [4.78, 5) is 55.4. The number of nitrogens with zero attached hydrogens (tertiary/aromatic N) is 1. The van der Waals surface area contributed by atoms with Gasteiger partial charge in [-0.3, -0.25) is 19.3 Å². The van der Waals surface area contributed by atoms with Gasteiger partial charge in [0.1, 0.15) is 11.6 Å². The van der Waals surface area contributed by atoms with E-state index in [0.717, 1.165) is 38.9 Å². The summed E-state index contributed by atoms with van der Waals surface area (Å²) in [6, 6.07) is -1.79. The summed E-state index contributed by atoms with van der Waals surface area (Å²) < 4.78 is 5.38. The van der Waals surface area contributed by atoms with Crippen LogP contribution in [0.15, 0.2) is 36.0 Å². The number of thiol groups is 1. The van der Waals surface area contributed by atoms with Gasteiger partial charge in [0.05, 0.1) is 12.1 Å². The average molecular weight is 776 g/mol. The molecule has 0 spiro atoms. The van der Waals surface area contributed by atoms with Gasteiger partial charge in [0, 0.05) is 44.1 Å². The number of allylic oxidation sites excluding steroid dienone is 5. The van der Waals surface area contributed by atoms with Gasteiger partial charge < -0.3 is 31.1 Å². The summed E-state index contributed by atoms with van der Waals surface area (Å²) in [6.07, 6.45) is 14.3. The molecule has 1 saturated heterocycles. The molecule has 0 bridgehead atoms. The Kier molecular flexibility index (Phi) is 21.0. The van der Waals surface area contributed by atoms with E-state index in [1.54, 1.807) is 20.8 Å². The van der Waals surface area contributed by atoms with Gasteiger partial charge in [-0.05, 0) is 95.6 Å². The Morgan fingerprint density at radius 3 is 2.13 bits per heavy atom. The first-order valence-electron chi connectivity index (χ1n) is 20.3. The standard InChI is InChI=1S/C42H73N5O6S/c1-28(2)24-32(39(50)43-33-18-21-47(22-19-33)27-31-14-12-10-11-13-15-31)16-17-37(48)36(25-29(3)4)45-40(51)34(20-23-54)44-38(49)26-35(30(5)6)46-41(52)53-42(7,8)9/h10-14,28-30,32-37,48,54H,15-27H2,1-9H3,(H,43,50)(H,44,49)(H,45,51)(H,46,52)/t32-,34-,35+,36-,37-/m0/s1. The number of carbonyl (C=O) groups is 4. The van der Waals surface area contributed by atoms with Crippen molar-refractivity contribution < 1.29 is 29.0 Å². The van der Waals surface area contributed by atoms with Crippen LogP contribution in [-0.2, 0) is 19.1 Å². The molecule has 5 atom stereocenters.